The van der Waals surface area contributed by atoms with Crippen LogP contribution in [0.4, 0.5) is 25.1 Å². The lowest BCUT2D eigenvalue weighted by Gasteiger charge is -2.13. The van der Waals surface area contributed by atoms with Crippen molar-refractivity contribution < 1.29 is 27.8 Å². The number of rotatable bonds is 7. The molecule has 2 heterocycles. The number of para-hydroxylation sites is 1. The van der Waals surface area contributed by atoms with Crippen LogP contribution < -0.4 is 21.3 Å². The number of hydrogen-bond acceptors (Lipinski definition) is 6. The SMILES string of the molecule is CCNC(=O)Nc1cc(CNc2ccccc2C(=O)NC2=COC(F)(F)O2)ccn1. The van der Waals surface area contributed by atoms with E-state index >= 15 is 0 Å². The van der Waals surface area contributed by atoms with Crippen molar-refractivity contribution in [3.05, 3.63) is 65.9 Å². The highest BCUT2D eigenvalue weighted by Gasteiger charge is 2.41. The van der Waals surface area contributed by atoms with E-state index in [0.717, 1.165) is 5.56 Å². The maximum absolute atomic E-state index is 12.9. The van der Waals surface area contributed by atoms with Crippen LogP contribution in [0.1, 0.15) is 22.8 Å². The Morgan fingerprint density at radius 3 is 2.70 bits per heavy atom. The van der Waals surface area contributed by atoms with Gasteiger partial charge in [-0.1, -0.05) is 12.1 Å². The first-order valence-electron chi connectivity index (χ1n) is 8.95. The zero-order valence-corrected chi connectivity index (χ0v) is 15.9. The summed E-state index contributed by atoms with van der Waals surface area (Å²) in [5.74, 6) is -0.772. The number of alkyl halides is 2. The molecule has 9 nitrogen and oxygen atoms in total. The van der Waals surface area contributed by atoms with E-state index in [-0.39, 0.29) is 11.6 Å². The number of carbonyl (C=O) groups excluding carboxylic acids is 2. The third kappa shape index (κ3) is 5.56. The predicted molar refractivity (Wildman–Crippen MR) is 103 cm³/mol. The molecule has 1 aliphatic rings. The smallest absolute Gasteiger partial charge is 0.402 e. The van der Waals surface area contributed by atoms with Crippen molar-refractivity contribution in [3.63, 3.8) is 0 Å². The molecular formula is C19H19F2N5O4. The lowest BCUT2D eigenvalue weighted by Crippen LogP contribution is -2.28. The number of pyridine rings is 1. The van der Waals surface area contributed by atoms with E-state index in [1.807, 2.05) is 0 Å². The molecule has 0 atom stereocenters. The van der Waals surface area contributed by atoms with Crippen molar-refractivity contribution in [2.24, 2.45) is 0 Å². The second kappa shape index (κ2) is 9.07. The number of ether oxygens (including phenoxy) is 2. The van der Waals surface area contributed by atoms with Crippen LogP contribution in [-0.4, -0.2) is 29.8 Å². The van der Waals surface area contributed by atoms with Crippen LogP contribution in [0.25, 0.3) is 0 Å². The summed E-state index contributed by atoms with van der Waals surface area (Å²) in [5, 5.41) is 10.5. The fourth-order valence-electron chi connectivity index (χ4n) is 2.54. The molecule has 0 unspecified atom stereocenters. The highest BCUT2D eigenvalue weighted by atomic mass is 19.3. The predicted octanol–water partition coefficient (Wildman–Crippen LogP) is 2.96. The quantitative estimate of drug-likeness (QED) is 0.549. The Bertz CT molecular complexity index is 967. The molecule has 3 rings (SSSR count). The number of urea groups is 1. The molecule has 1 aromatic heterocycles. The van der Waals surface area contributed by atoms with E-state index in [4.69, 9.17) is 0 Å². The summed E-state index contributed by atoms with van der Waals surface area (Å²) in [4.78, 5) is 28.1. The topological polar surface area (TPSA) is 114 Å². The Morgan fingerprint density at radius 2 is 1.97 bits per heavy atom. The van der Waals surface area contributed by atoms with Crippen LogP contribution in [0.3, 0.4) is 0 Å². The Hall–Kier alpha value is -3.89. The van der Waals surface area contributed by atoms with Gasteiger partial charge in [-0.15, -0.1) is 8.78 Å². The molecule has 0 saturated carbocycles. The monoisotopic (exact) mass is 419 g/mol. The molecule has 0 aliphatic carbocycles. The van der Waals surface area contributed by atoms with Crippen molar-refractivity contribution >= 4 is 23.4 Å². The molecule has 30 heavy (non-hydrogen) atoms. The molecule has 0 fully saturated rings. The summed E-state index contributed by atoms with van der Waals surface area (Å²) in [7, 11) is 0. The summed E-state index contributed by atoms with van der Waals surface area (Å²) < 4.78 is 34.0. The van der Waals surface area contributed by atoms with Gasteiger partial charge in [0.05, 0.1) is 5.56 Å². The summed E-state index contributed by atoms with van der Waals surface area (Å²) in [6.07, 6.45) is -1.63. The molecule has 2 aromatic rings. The minimum absolute atomic E-state index is 0.215. The second-order valence-electron chi connectivity index (χ2n) is 6.05. The molecule has 11 heteroatoms. The van der Waals surface area contributed by atoms with E-state index in [9.17, 15) is 18.4 Å². The lowest BCUT2D eigenvalue weighted by atomic mass is 10.1. The highest BCUT2D eigenvalue weighted by molar-refractivity contribution is 6.00. The number of carbonyl (C=O) groups is 2. The Kier molecular flexibility index (Phi) is 6.30. The Balaban J connectivity index is 1.64. The summed E-state index contributed by atoms with van der Waals surface area (Å²) in [6.45, 7) is 2.60. The molecule has 0 spiro atoms. The standard InChI is InChI=1S/C19H19F2N5O4/c1-2-22-18(28)25-15-9-12(7-8-23-15)10-24-14-6-4-3-5-13(14)17(27)26-16-11-29-19(20,21)30-16/h3-9,11,24H,2,10H2,1H3,(H,26,27)(H2,22,23,25,28). The lowest BCUT2D eigenvalue weighted by molar-refractivity contribution is -0.334. The molecule has 4 N–H and O–H groups in total. The number of aromatic nitrogens is 1. The van der Waals surface area contributed by atoms with Gasteiger partial charge in [-0.05, 0) is 36.8 Å². The van der Waals surface area contributed by atoms with Crippen LogP contribution in [0.2, 0.25) is 0 Å². The molecule has 0 bridgehead atoms. The Labute approximate surface area is 170 Å². The maximum Gasteiger partial charge on any atom is 0.586 e. The van der Waals surface area contributed by atoms with E-state index < -0.39 is 18.1 Å². The highest BCUT2D eigenvalue weighted by Crippen LogP contribution is 2.27. The third-order valence-corrected chi connectivity index (χ3v) is 3.83. The van der Waals surface area contributed by atoms with Gasteiger partial charge in [0.2, 0.25) is 5.88 Å². The van der Waals surface area contributed by atoms with Gasteiger partial charge in [0.1, 0.15) is 5.82 Å². The zero-order valence-electron chi connectivity index (χ0n) is 15.9. The molecule has 1 aliphatic heterocycles. The number of amides is 3. The fraction of sp³-hybridized carbons (Fsp3) is 0.211. The molecular weight excluding hydrogens is 400 g/mol. The van der Waals surface area contributed by atoms with Crippen molar-refractivity contribution in [2.45, 2.75) is 19.8 Å². The van der Waals surface area contributed by atoms with Gasteiger partial charge in [0.15, 0.2) is 6.26 Å². The van der Waals surface area contributed by atoms with E-state index in [0.29, 0.717) is 30.9 Å². The van der Waals surface area contributed by atoms with Crippen molar-refractivity contribution in [3.8, 4) is 0 Å². The molecule has 0 saturated heterocycles. The first-order valence-corrected chi connectivity index (χ1v) is 8.95. The van der Waals surface area contributed by atoms with Gasteiger partial charge in [0, 0.05) is 25.0 Å². The number of nitrogens with zero attached hydrogens (tertiary/aromatic N) is 1. The first kappa shape index (κ1) is 20.8. The van der Waals surface area contributed by atoms with E-state index in [1.54, 1.807) is 43.5 Å². The summed E-state index contributed by atoms with van der Waals surface area (Å²) in [5.41, 5.74) is 1.48. The number of nitrogens with one attached hydrogen (secondary N) is 4. The molecule has 1 aromatic carbocycles. The first-order chi connectivity index (χ1) is 14.4. The zero-order chi connectivity index (χ0) is 21.6. The summed E-state index contributed by atoms with van der Waals surface area (Å²) in [6, 6.07) is 9.61. The fourth-order valence-corrected chi connectivity index (χ4v) is 2.54. The number of halogens is 2. The average molecular weight is 419 g/mol. The van der Waals surface area contributed by atoms with Crippen LogP contribution >= 0.6 is 0 Å². The number of benzene rings is 1. The maximum atomic E-state index is 12.9. The van der Waals surface area contributed by atoms with Crippen LogP contribution in [0, 0.1) is 0 Å². The Morgan fingerprint density at radius 1 is 1.17 bits per heavy atom. The average Bonchev–Trinajstić information content (AvgIpc) is 3.05. The van der Waals surface area contributed by atoms with Crippen LogP contribution in [0.5, 0.6) is 0 Å². The van der Waals surface area contributed by atoms with Crippen LogP contribution in [-0.2, 0) is 16.0 Å². The minimum Gasteiger partial charge on any atom is -0.402 e. The van der Waals surface area contributed by atoms with E-state index in [1.165, 1.54) is 6.07 Å². The van der Waals surface area contributed by atoms with Crippen molar-refractivity contribution in [2.75, 3.05) is 17.2 Å². The molecule has 0 radical (unpaired) electrons. The summed E-state index contributed by atoms with van der Waals surface area (Å²) >= 11 is 0. The van der Waals surface area contributed by atoms with Gasteiger partial charge in [-0.2, -0.15) is 0 Å². The largest absolute Gasteiger partial charge is 0.586 e. The van der Waals surface area contributed by atoms with Crippen molar-refractivity contribution in [1.29, 1.82) is 0 Å². The number of anilines is 2. The van der Waals surface area contributed by atoms with Gasteiger partial charge < -0.3 is 20.1 Å². The van der Waals surface area contributed by atoms with E-state index in [2.05, 4.69) is 35.7 Å². The number of hydrogen-bond donors (Lipinski definition) is 4. The molecule has 3 amide bonds. The van der Waals surface area contributed by atoms with Gasteiger partial charge in [-0.25, -0.2) is 9.78 Å². The minimum atomic E-state index is -3.80. The second-order valence-corrected chi connectivity index (χ2v) is 6.05. The molecule has 158 valence electrons. The van der Waals surface area contributed by atoms with Crippen molar-refractivity contribution in [1.82, 2.24) is 15.6 Å². The van der Waals surface area contributed by atoms with Crippen LogP contribution in [0.15, 0.2) is 54.7 Å². The van der Waals surface area contributed by atoms with Gasteiger partial charge in [-0.3, -0.25) is 15.4 Å². The van der Waals surface area contributed by atoms with Gasteiger partial charge in [0.25, 0.3) is 5.91 Å². The third-order valence-electron chi connectivity index (χ3n) is 3.83. The normalized spacial score (nSPS) is 14.0. The van der Waals surface area contributed by atoms with Gasteiger partial charge >= 0.3 is 12.3 Å².